The zero-order chi connectivity index (χ0) is 34.4. The fourth-order valence-electron chi connectivity index (χ4n) is 7.16. The van der Waals surface area contributed by atoms with E-state index in [1.807, 2.05) is 18.2 Å². The van der Waals surface area contributed by atoms with Gasteiger partial charge in [0.15, 0.2) is 0 Å². The van der Waals surface area contributed by atoms with E-state index in [0.29, 0.717) is 29.8 Å². The molecule has 3 saturated heterocycles. The summed E-state index contributed by atoms with van der Waals surface area (Å²) in [4.78, 5) is 58.3. The monoisotopic (exact) mass is 723 g/mol. The highest BCUT2D eigenvalue weighted by Crippen LogP contribution is 2.60. The van der Waals surface area contributed by atoms with Gasteiger partial charge in [-0.25, -0.2) is 0 Å². The molecule has 2 aromatic carbocycles. The topological polar surface area (TPSA) is 135 Å². The van der Waals surface area contributed by atoms with E-state index in [1.54, 1.807) is 60.6 Å². The van der Waals surface area contributed by atoms with E-state index >= 15 is 0 Å². The molecule has 2 bridgehead atoms. The summed E-state index contributed by atoms with van der Waals surface area (Å²) in [7, 11) is 1.55. The van der Waals surface area contributed by atoms with Gasteiger partial charge in [0.1, 0.15) is 23.5 Å². The van der Waals surface area contributed by atoms with Crippen LogP contribution in [-0.4, -0.2) is 89.6 Å². The molecule has 11 nitrogen and oxygen atoms in total. The van der Waals surface area contributed by atoms with Crippen molar-refractivity contribution in [1.29, 1.82) is 0 Å². The largest absolute Gasteiger partial charge is 0.497 e. The Bertz CT molecular complexity index is 1500. The van der Waals surface area contributed by atoms with Crippen LogP contribution in [0.2, 0.25) is 0 Å². The molecule has 1 spiro atoms. The van der Waals surface area contributed by atoms with Crippen LogP contribution in [0.4, 0.5) is 5.69 Å². The molecule has 0 saturated carbocycles. The van der Waals surface area contributed by atoms with Crippen molar-refractivity contribution in [2.75, 3.05) is 38.3 Å². The van der Waals surface area contributed by atoms with Crippen LogP contribution in [-0.2, 0) is 28.7 Å². The van der Waals surface area contributed by atoms with Gasteiger partial charge in [-0.05, 0) is 49.1 Å². The number of esters is 1. The van der Waals surface area contributed by atoms with E-state index in [0.717, 1.165) is 0 Å². The number of carbonyl (C=O) groups excluding carboxylic acids is 4. The number of aliphatic hydroxyl groups is 1. The number of ether oxygens (including phenoxy) is 3. The maximum atomic E-state index is 14.6. The van der Waals surface area contributed by atoms with E-state index in [2.05, 4.69) is 34.4 Å². The molecule has 2 aromatic rings. The minimum Gasteiger partial charge on any atom is -0.497 e. The van der Waals surface area contributed by atoms with Gasteiger partial charge in [-0.1, -0.05) is 58.4 Å². The molecule has 0 radical (unpaired) electrons. The second-order valence-electron chi connectivity index (χ2n) is 12.2. The maximum Gasteiger partial charge on any atom is 0.313 e. The Kier molecular flexibility index (Phi) is 11.4. The molecule has 48 heavy (non-hydrogen) atoms. The van der Waals surface area contributed by atoms with Crippen LogP contribution < -0.4 is 15.0 Å². The molecule has 1 unspecified atom stereocenters. The van der Waals surface area contributed by atoms with Gasteiger partial charge in [-0.3, -0.25) is 19.2 Å². The first kappa shape index (κ1) is 35.3. The molecule has 7 atom stereocenters. The first-order valence-electron chi connectivity index (χ1n) is 16.1. The molecule has 3 fully saturated rings. The number of halogens is 1. The highest BCUT2D eigenvalue weighted by Gasteiger charge is 2.77. The minimum atomic E-state index is -1.32. The van der Waals surface area contributed by atoms with E-state index in [4.69, 9.17) is 14.2 Å². The standard InChI is InChI=1S/C36H42BrN3O8/c1-4-6-13-28(42)38-22-27(23-11-8-7-9-12-23)47-35(45)29-30-33(43)40(19-10-20-41)32(36(30)21-26(37)31(29)48-36)34(44)39(18-5-2)24-14-16-25(46-3)17-15-24/h4-5,7-9,11-12,14-17,26-27,29-32,41H,1-2,6,10,13,18-22H2,3H3,(H,38,42)/t26?,27-,29+,30-,31+,32+,36-/m1/s1. The fourth-order valence-corrected chi connectivity index (χ4v) is 8.11. The third kappa shape index (κ3) is 6.79. The number of alkyl halides is 1. The van der Waals surface area contributed by atoms with Gasteiger partial charge in [-0.15, -0.1) is 13.2 Å². The summed E-state index contributed by atoms with van der Waals surface area (Å²) in [5, 5.41) is 12.6. The van der Waals surface area contributed by atoms with E-state index in [1.165, 1.54) is 4.90 Å². The lowest BCUT2D eigenvalue weighted by Crippen LogP contribution is -2.57. The quantitative estimate of drug-likeness (QED) is 0.152. The molecule has 3 heterocycles. The summed E-state index contributed by atoms with van der Waals surface area (Å²) in [5.74, 6) is -3.01. The highest BCUT2D eigenvalue weighted by molar-refractivity contribution is 9.09. The van der Waals surface area contributed by atoms with Crippen molar-refractivity contribution in [1.82, 2.24) is 10.2 Å². The molecule has 12 heteroatoms. The Labute approximate surface area is 289 Å². The molecule has 3 aliphatic heterocycles. The predicted octanol–water partition coefficient (Wildman–Crippen LogP) is 3.71. The molecule has 5 rings (SSSR count). The summed E-state index contributed by atoms with van der Waals surface area (Å²) >= 11 is 3.70. The van der Waals surface area contributed by atoms with Gasteiger partial charge in [-0.2, -0.15) is 0 Å². The number of methoxy groups -OCH3 is 1. The van der Waals surface area contributed by atoms with Gasteiger partial charge in [0.2, 0.25) is 11.8 Å². The Balaban J connectivity index is 1.47. The van der Waals surface area contributed by atoms with Gasteiger partial charge >= 0.3 is 5.97 Å². The molecule has 0 aromatic heterocycles. The molecule has 3 aliphatic rings. The Morgan fingerprint density at radius 2 is 1.90 bits per heavy atom. The first-order valence-corrected chi connectivity index (χ1v) is 17.0. The van der Waals surface area contributed by atoms with Crippen LogP contribution in [0.15, 0.2) is 79.9 Å². The average molecular weight is 725 g/mol. The number of benzene rings is 2. The summed E-state index contributed by atoms with van der Waals surface area (Å²) in [6.07, 6.45) is 3.02. The predicted molar refractivity (Wildman–Crippen MR) is 182 cm³/mol. The smallest absolute Gasteiger partial charge is 0.313 e. The number of nitrogens with zero attached hydrogens (tertiary/aromatic N) is 2. The summed E-state index contributed by atoms with van der Waals surface area (Å²) < 4.78 is 18.0. The van der Waals surface area contributed by atoms with E-state index in [-0.39, 0.29) is 55.7 Å². The normalized spacial score (nSPS) is 26.0. The minimum absolute atomic E-state index is 0.0353. The van der Waals surface area contributed by atoms with Crippen LogP contribution in [0.5, 0.6) is 5.75 Å². The molecule has 0 aliphatic carbocycles. The Morgan fingerprint density at radius 1 is 1.17 bits per heavy atom. The van der Waals surface area contributed by atoms with Crippen molar-refractivity contribution in [3.8, 4) is 5.75 Å². The van der Waals surface area contributed by atoms with E-state index < -0.39 is 47.6 Å². The number of anilines is 1. The molecular weight excluding hydrogens is 682 g/mol. The second kappa shape index (κ2) is 15.5. The molecule has 2 N–H and O–H groups in total. The third-order valence-electron chi connectivity index (χ3n) is 9.30. The SMILES string of the molecule is C=CCCC(=O)NC[C@@H](OC(=O)[C@@H]1[C@H]2O[C@@]3(CC2Br)[C@H](C(=O)N(CC=C)c2ccc(OC)cc2)N(CCCO)C(=O)[C@@H]13)c1ccccc1. The fraction of sp³-hybridized carbons (Fsp3) is 0.444. The average Bonchev–Trinajstić information content (AvgIpc) is 3.70. The number of hydrogen-bond acceptors (Lipinski definition) is 8. The van der Waals surface area contributed by atoms with Crippen LogP contribution in [0.3, 0.4) is 0 Å². The Morgan fingerprint density at radius 3 is 2.54 bits per heavy atom. The van der Waals surface area contributed by atoms with Crippen LogP contribution >= 0.6 is 15.9 Å². The number of aliphatic hydroxyl groups excluding tert-OH is 1. The van der Waals surface area contributed by atoms with Gasteiger partial charge < -0.3 is 34.4 Å². The van der Waals surface area contributed by atoms with Gasteiger partial charge in [0, 0.05) is 36.6 Å². The van der Waals surface area contributed by atoms with Crippen molar-refractivity contribution in [3.05, 3.63) is 85.5 Å². The number of likely N-dealkylation sites (tertiary alicyclic amines) is 1. The lowest BCUT2D eigenvalue weighted by atomic mass is 9.70. The van der Waals surface area contributed by atoms with Crippen molar-refractivity contribution in [2.24, 2.45) is 11.8 Å². The number of carbonyl (C=O) groups is 4. The summed E-state index contributed by atoms with van der Waals surface area (Å²) in [6, 6.07) is 15.0. The molecule has 256 valence electrons. The van der Waals surface area contributed by atoms with Crippen molar-refractivity contribution >= 4 is 45.3 Å². The van der Waals surface area contributed by atoms with Gasteiger partial charge in [0.05, 0.1) is 31.6 Å². The maximum absolute atomic E-state index is 14.6. The van der Waals surface area contributed by atoms with Crippen LogP contribution in [0.25, 0.3) is 0 Å². The van der Waals surface area contributed by atoms with Crippen LogP contribution in [0, 0.1) is 11.8 Å². The van der Waals surface area contributed by atoms with Gasteiger partial charge in [0.25, 0.3) is 5.91 Å². The van der Waals surface area contributed by atoms with Crippen molar-refractivity contribution < 1.29 is 38.5 Å². The second-order valence-corrected chi connectivity index (χ2v) is 13.4. The Hall–Kier alpha value is -4.00. The molecular formula is C36H42BrN3O8. The zero-order valence-electron chi connectivity index (χ0n) is 27.0. The number of nitrogens with one attached hydrogen (secondary N) is 1. The number of fused-ring (bicyclic) bond motifs is 1. The zero-order valence-corrected chi connectivity index (χ0v) is 28.5. The van der Waals surface area contributed by atoms with Crippen molar-refractivity contribution in [2.45, 2.75) is 54.4 Å². The number of amides is 3. The highest BCUT2D eigenvalue weighted by atomic mass is 79.9. The lowest BCUT2D eigenvalue weighted by Gasteiger charge is -2.37. The third-order valence-corrected chi connectivity index (χ3v) is 10.1. The summed E-state index contributed by atoms with van der Waals surface area (Å²) in [5.41, 5.74) is -0.0621. The lowest BCUT2D eigenvalue weighted by molar-refractivity contribution is -0.160. The molecule has 3 amide bonds. The summed E-state index contributed by atoms with van der Waals surface area (Å²) in [6.45, 7) is 7.60. The first-order chi connectivity index (χ1) is 23.2. The van der Waals surface area contributed by atoms with E-state index in [9.17, 15) is 24.3 Å². The number of hydrogen-bond donors (Lipinski definition) is 2. The number of allylic oxidation sites excluding steroid dienone is 1. The van der Waals surface area contributed by atoms with Crippen LogP contribution in [0.1, 0.15) is 37.4 Å². The van der Waals surface area contributed by atoms with Crippen molar-refractivity contribution in [3.63, 3.8) is 0 Å². The number of rotatable bonds is 16.